The summed E-state index contributed by atoms with van der Waals surface area (Å²) in [6, 6.07) is 10.3. The Morgan fingerprint density at radius 2 is 1.77 bits per heavy atom. The molecule has 2 N–H and O–H groups in total. The maximum absolute atomic E-state index is 12.2. The quantitative estimate of drug-likeness (QED) is 0.777. The highest BCUT2D eigenvalue weighted by atomic mass is 35.5. The number of hydrogen-bond donors (Lipinski definition) is 2. The number of carbonyl (C=O) groups excluding carboxylic acids is 2. The minimum Gasteiger partial charge on any atom is -0.493 e. The summed E-state index contributed by atoms with van der Waals surface area (Å²) in [5, 5.41) is 5.61. The lowest BCUT2D eigenvalue weighted by Crippen LogP contribution is -2.19. The normalized spacial score (nSPS) is 10.2. The predicted molar refractivity (Wildman–Crippen MR) is 101 cm³/mol. The highest BCUT2D eigenvalue weighted by Gasteiger charge is 2.11. The molecule has 2 rings (SSSR count). The van der Waals surface area contributed by atoms with Gasteiger partial charge in [-0.1, -0.05) is 17.7 Å². The maximum atomic E-state index is 12.2. The van der Waals surface area contributed by atoms with E-state index in [-0.39, 0.29) is 18.2 Å². The molecule has 0 fully saturated rings. The number of halogens is 1. The van der Waals surface area contributed by atoms with E-state index in [2.05, 4.69) is 10.6 Å². The van der Waals surface area contributed by atoms with Crippen LogP contribution in [0, 0.1) is 0 Å². The van der Waals surface area contributed by atoms with Crippen molar-refractivity contribution in [2.75, 3.05) is 26.6 Å². The van der Waals surface area contributed by atoms with Crippen molar-refractivity contribution in [3.05, 3.63) is 52.5 Å². The number of methoxy groups -OCH3 is 2. The van der Waals surface area contributed by atoms with Gasteiger partial charge in [0.15, 0.2) is 11.5 Å². The third kappa shape index (κ3) is 4.89. The largest absolute Gasteiger partial charge is 0.493 e. The van der Waals surface area contributed by atoms with E-state index < -0.39 is 0 Å². The minimum absolute atomic E-state index is 0.162. The Bertz CT molecular complexity index is 808. The lowest BCUT2D eigenvalue weighted by atomic mass is 10.1. The fraction of sp³-hybridized carbons (Fsp3) is 0.263. The van der Waals surface area contributed by atoms with Crippen LogP contribution in [0.25, 0.3) is 0 Å². The van der Waals surface area contributed by atoms with Crippen molar-refractivity contribution in [2.24, 2.45) is 0 Å². The first-order chi connectivity index (χ1) is 12.5. The van der Waals surface area contributed by atoms with Crippen molar-refractivity contribution >= 4 is 29.1 Å². The standard InChI is InChI=1S/C19H21ClN2O4/c1-21-19(24)14-11-13(6-7-15(14)20)22-18(23)9-5-12-4-8-16(25-2)17(10-12)26-3/h4,6-8,10-11H,5,9H2,1-3H3,(H,21,24)(H,22,23). The topological polar surface area (TPSA) is 76.7 Å². The van der Waals surface area contributed by atoms with E-state index in [4.69, 9.17) is 21.1 Å². The van der Waals surface area contributed by atoms with Crippen molar-refractivity contribution in [3.8, 4) is 11.5 Å². The van der Waals surface area contributed by atoms with Crippen molar-refractivity contribution in [1.82, 2.24) is 5.32 Å². The molecule has 0 aliphatic rings. The average molecular weight is 377 g/mol. The number of carbonyl (C=O) groups is 2. The van der Waals surface area contributed by atoms with Crippen molar-refractivity contribution in [3.63, 3.8) is 0 Å². The molecule has 0 radical (unpaired) electrons. The van der Waals surface area contributed by atoms with Crippen LogP contribution in [-0.4, -0.2) is 33.1 Å². The van der Waals surface area contributed by atoms with Gasteiger partial charge in [-0.25, -0.2) is 0 Å². The van der Waals surface area contributed by atoms with Crippen LogP contribution in [0.4, 0.5) is 5.69 Å². The summed E-state index contributed by atoms with van der Waals surface area (Å²) < 4.78 is 10.5. The summed E-state index contributed by atoms with van der Waals surface area (Å²) >= 11 is 6.01. The number of hydrogen-bond acceptors (Lipinski definition) is 4. The summed E-state index contributed by atoms with van der Waals surface area (Å²) in [6.45, 7) is 0. The molecular weight excluding hydrogens is 356 g/mol. The van der Waals surface area contributed by atoms with E-state index in [1.807, 2.05) is 12.1 Å². The zero-order chi connectivity index (χ0) is 19.1. The Labute approximate surface area is 157 Å². The summed E-state index contributed by atoms with van der Waals surface area (Å²) in [6.07, 6.45) is 0.829. The molecule has 0 aliphatic carbocycles. The number of anilines is 1. The van der Waals surface area contributed by atoms with Crippen LogP contribution in [0.2, 0.25) is 5.02 Å². The molecule has 0 heterocycles. The van der Waals surface area contributed by atoms with Crippen LogP contribution in [0.15, 0.2) is 36.4 Å². The summed E-state index contributed by atoms with van der Waals surface area (Å²) in [7, 11) is 4.66. The van der Waals surface area contributed by atoms with Gasteiger partial charge in [0.2, 0.25) is 5.91 Å². The van der Waals surface area contributed by atoms with Gasteiger partial charge in [-0.2, -0.15) is 0 Å². The number of nitrogens with one attached hydrogen (secondary N) is 2. The van der Waals surface area contributed by atoms with Gasteiger partial charge in [-0.3, -0.25) is 9.59 Å². The highest BCUT2D eigenvalue weighted by Crippen LogP contribution is 2.28. The fourth-order valence-electron chi connectivity index (χ4n) is 2.43. The van der Waals surface area contributed by atoms with Gasteiger partial charge in [0.25, 0.3) is 5.91 Å². The van der Waals surface area contributed by atoms with Gasteiger partial charge in [0.1, 0.15) is 0 Å². The molecule has 2 aromatic carbocycles. The summed E-state index contributed by atoms with van der Waals surface area (Å²) in [4.78, 5) is 24.0. The predicted octanol–water partition coefficient (Wildman–Crippen LogP) is 3.29. The minimum atomic E-state index is -0.309. The molecular formula is C19H21ClN2O4. The summed E-state index contributed by atoms with van der Waals surface area (Å²) in [5.41, 5.74) is 1.79. The van der Waals surface area contributed by atoms with Gasteiger partial charge in [0.05, 0.1) is 24.8 Å². The first-order valence-electron chi connectivity index (χ1n) is 8.01. The average Bonchev–Trinajstić information content (AvgIpc) is 2.66. The first-order valence-corrected chi connectivity index (χ1v) is 8.38. The fourth-order valence-corrected chi connectivity index (χ4v) is 2.63. The molecule has 0 saturated carbocycles. The van der Waals surface area contributed by atoms with Crippen LogP contribution in [0.3, 0.4) is 0 Å². The monoisotopic (exact) mass is 376 g/mol. The van der Waals surface area contributed by atoms with E-state index in [9.17, 15) is 9.59 Å². The lowest BCUT2D eigenvalue weighted by molar-refractivity contribution is -0.116. The molecule has 0 bridgehead atoms. The zero-order valence-electron chi connectivity index (χ0n) is 14.9. The third-order valence-electron chi connectivity index (χ3n) is 3.81. The Hall–Kier alpha value is -2.73. The Morgan fingerprint density at radius 1 is 1.04 bits per heavy atom. The molecule has 138 valence electrons. The van der Waals surface area contributed by atoms with Gasteiger partial charge < -0.3 is 20.1 Å². The molecule has 7 heteroatoms. The highest BCUT2D eigenvalue weighted by molar-refractivity contribution is 6.34. The molecule has 6 nitrogen and oxygen atoms in total. The second kappa shape index (κ2) is 9.10. The zero-order valence-corrected chi connectivity index (χ0v) is 15.6. The van der Waals surface area contributed by atoms with Crippen LogP contribution in [0.1, 0.15) is 22.3 Å². The molecule has 0 aromatic heterocycles. The molecule has 0 unspecified atom stereocenters. The van der Waals surface area contributed by atoms with Crippen LogP contribution in [0.5, 0.6) is 11.5 Å². The van der Waals surface area contributed by atoms with Crippen LogP contribution >= 0.6 is 11.6 Å². The SMILES string of the molecule is CNC(=O)c1cc(NC(=O)CCc2ccc(OC)c(OC)c2)ccc1Cl. The molecule has 0 atom stereocenters. The van der Waals surface area contributed by atoms with E-state index >= 15 is 0 Å². The Morgan fingerprint density at radius 3 is 2.42 bits per heavy atom. The Balaban J connectivity index is 2.00. The van der Waals surface area contributed by atoms with Gasteiger partial charge in [-0.05, 0) is 42.3 Å². The molecule has 2 amide bonds. The van der Waals surface area contributed by atoms with Gasteiger partial charge in [-0.15, -0.1) is 0 Å². The van der Waals surface area contributed by atoms with Crippen LogP contribution < -0.4 is 20.1 Å². The molecule has 26 heavy (non-hydrogen) atoms. The molecule has 0 saturated heterocycles. The Kier molecular flexibility index (Phi) is 6.86. The lowest BCUT2D eigenvalue weighted by Gasteiger charge is -2.10. The number of aryl methyl sites for hydroxylation is 1. The van der Waals surface area contributed by atoms with E-state index in [1.165, 1.54) is 7.05 Å². The molecule has 0 spiro atoms. The third-order valence-corrected chi connectivity index (χ3v) is 4.14. The van der Waals surface area contributed by atoms with Crippen LogP contribution in [-0.2, 0) is 11.2 Å². The summed E-state index contributed by atoms with van der Waals surface area (Å²) in [5.74, 6) is 0.795. The van der Waals surface area contributed by atoms with Crippen molar-refractivity contribution in [2.45, 2.75) is 12.8 Å². The second-order valence-electron chi connectivity index (χ2n) is 5.51. The smallest absolute Gasteiger partial charge is 0.252 e. The van der Waals surface area contributed by atoms with Gasteiger partial charge >= 0.3 is 0 Å². The number of ether oxygens (including phenoxy) is 2. The van der Waals surface area contributed by atoms with Crippen molar-refractivity contribution < 1.29 is 19.1 Å². The number of benzene rings is 2. The second-order valence-corrected chi connectivity index (χ2v) is 5.92. The maximum Gasteiger partial charge on any atom is 0.252 e. The number of amides is 2. The molecule has 2 aromatic rings. The van der Waals surface area contributed by atoms with E-state index in [0.29, 0.717) is 34.2 Å². The van der Waals surface area contributed by atoms with Crippen molar-refractivity contribution in [1.29, 1.82) is 0 Å². The van der Waals surface area contributed by atoms with Gasteiger partial charge in [0, 0.05) is 19.2 Å². The molecule has 0 aliphatic heterocycles. The van der Waals surface area contributed by atoms with E-state index in [1.54, 1.807) is 38.5 Å². The first kappa shape index (κ1) is 19.6. The number of rotatable bonds is 7. The van der Waals surface area contributed by atoms with E-state index in [0.717, 1.165) is 5.56 Å².